The highest BCUT2D eigenvalue weighted by atomic mass is 16.3. The lowest BCUT2D eigenvalue weighted by molar-refractivity contribution is 0.0904. The lowest BCUT2D eigenvalue weighted by Crippen LogP contribution is -2.44. The van der Waals surface area contributed by atoms with Gasteiger partial charge < -0.3 is 15.5 Å². The summed E-state index contributed by atoms with van der Waals surface area (Å²) in [6.45, 7) is 7.11. The van der Waals surface area contributed by atoms with E-state index in [1.807, 2.05) is 6.07 Å². The predicted molar refractivity (Wildman–Crippen MR) is 105 cm³/mol. The fourth-order valence-corrected chi connectivity index (χ4v) is 3.51. The number of hydrogen-bond acceptors (Lipinski definition) is 5. The van der Waals surface area contributed by atoms with Crippen LogP contribution in [0, 0.1) is 5.92 Å². The number of nitrogens with zero attached hydrogens (tertiary/aromatic N) is 2. The minimum absolute atomic E-state index is 0.175. The summed E-state index contributed by atoms with van der Waals surface area (Å²) in [4.78, 5) is 19.2. The molecular formula is C21H30N4O2. The van der Waals surface area contributed by atoms with E-state index in [0.29, 0.717) is 17.5 Å². The smallest absolute Gasteiger partial charge is 0.273 e. The SMILES string of the molecule is CC(C)CC(N)c1nc(C(=O)NC2CCN(Cc3ccccc3)CC2)co1. The Bertz CT molecular complexity index is 721. The Balaban J connectivity index is 1.46. The number of amides is 1. The minimum Gasteiger partial charge on any atom is -0.446 e. The highest BCUT2D eigenvalue weighted by Gasteiger charge is 2.23. The number of carbonyl (C=O) groups excluding carboxylic acids is 1. The van der Waals surface area contributed by atoms with Crippen LogP contribution in [0.4, 0.5) is 0 Å². The van der Waals surface area contributed by atoms with Crippen molar-refractivity contribution in [3.8, 4) is 0 Å². The third-order valence-electron chi connectivity index (χ3n) is 4.97. The van der Waals surface area contributed by atoms with Crippen LogP contribution >= 0.6 is 0 Å². The van der Waals surface area contributed by atoms with Gasteiger partial charge in [-0.2, -0.15) is 0 Å². The molecule has 1 amide bonds. The highest BCUT2D eigenvalue weighted by Crippen LogP contribution is 2.19. The van der Waals surface area contributed by atoms with Gasteiger partial charge in [-0.25, -0.2) is 4.98 Å². The lowest BCUT2D eigenvalue weighted by Gasteiger charge is -2.32. The number of benzene rings is 1. The standard InChI is InChI=1S/C21H30N4O2/c1-15(2)12-18(22)21-24-19(14-27-21)20(26)23-17-8-10-25(11-9-17)13-16-6-4-3-5-7-16/h3-7,14-15,17-18H,8-13,22H2,1-2H3,(H,23,26). The number of oxazole rings is 1. The van der Waals surface area contributed by atoms with E-state index in [1.165, 1.54) is 11.8 Å². The maximum absolute atomic E-state index is 12.5. The van der Waals surface area contributed by atoms with Gasteiger partial charge in [0.15, 0.2) is 5.69 Å². The third-order valence-corrected chi connectivity index (χ3v) is 4.97. The van der Waals surface area contributed by atoms with E-state index >= 15 is 0 Å². The molecule has 27 heavy (non-hydrogen) atoms. The second kappa shape index (κ2) is 9.15. The average molecular weight is 370 g/mol. The number of carbonyl (C=O) groups is 1. The maximum Gasteiger partial charge on any atom is 0.273 e. The molecule has 2 aromatic rings. The Kier molecular flexibility index (Phi) is 6.63. The molecule has 1 atom stereocenters. The third kappa shape index (κ3) is 5.65. The van der Waals surface area contributed by atoms with E-state index < -0.39 is 0 Å². The first-order valence-corrected chi connectivity index (χ1v) is 9.79. The van der Waals surface area contributed by atoms with E-state index in [-0.39, 0.29) is 18.0 Å². The molecular weight excluding hydrogens is 340 g/mol. The molecule has 146 valence electrons. The van der Waals surface area contributed by atoms with Crippen LogP contribution in [-0.4, -0.2) is 34.9 Å². The number of nitrogens with one attached hydrogen (secondary N) is 1. The Hall–Kier alpha value is -2.18. The van der Waals surface area contributed by atoms with Gasteiger partial charge in [0.2, 0.25) is 5.89 Å². The molecule has 1 aromatic carbocycles. The zero-order valence-corrected chi connectivity index (χ0v) is 16.2. The van der Waals surface area contributed by atoms with Crippen molar-refractivity contribution >= 4 is 5.91 Å². The summed E-state index contributed by atoms with van der Waals surface area (Å²) in [6, 6.07) is 10.4. The van der Waals surface area contributed by atoms with Gasteiger partial charge in [0.1, 0.15) is 6.26 Å². The molecule has 1 aliphatic rings. The van der Waals surface area contributed by atoms with Crippen molar-refractivity contribution in [3.05, 3.63) is 53.7 Å². The molecule has 1 unspecified atom stereocenters. The van der Waals surface area contributed by atoms with Crippen molar-refractivity contribution in [2.24, 2.45) is 11.7 Å². The van der Waals surface area contributed by atoms with Crippen LogP contribution in [0.5, 0.6) is 0 Å². The van der Waals surface area contributed by atoms with Crippen LogP contribution in [0.2, 0.25) is 0 Å². The van der Waals surface area contributed by atoms with Crippen LogP contribution in [0.15, 0.2) is 41.0 Å². The molecule has 3 rings (SSSR count). The van der Waals surface area contributed by atoms with E-state index in [1.54, 1.807) is 0 Å². The monoisotopic (exact) mass is 370 g/mol. The van der Waals surface area contributed by atoms with E-state index in [9.17, 15) is 4.79 Å². The zero-order chi connectivity index (χ0) is 19.2. The van der Waals surface area contributed by atoms with Gasteiger partial charge in [-0.3, -0.25) is 9.69 Å². The van der Waals surface area contributed by atoms with Gasteiger partial charge in [-0.1, -0.05) is 44.2 Å². The summed E-state index contributed by atoms with van der Waals surface area (Å²) < 4.78 is 5.42. The molecule has 2 heterocycles. The lowest BCUT2D eigenvalue weighted by atomic mass is 10.0. The molecule has 0 spiro atoms. The normalized spacial score (nSPS) is 17.2. The molecule has 0 radical (unpaired) electrons. The summed E-state index contributed by atoms with van der Waals surface area (Å²) in [5, 5.41) is 3.08. The molecule has 1 aliphatic heterocycles. The maximum atomic E-state index is 12.5. The number of nitrogens with two attached hydrogens (primary N) is 1. The number of rotatable bonds is 7. The molecule has 0 aliphatic carbocycles. The summed E-state index contributed by atoms with van der Waals surface area (Å²) in [5.74, 6) is 0.708. The largest absolute Gasteiger partial charge is 0.446 e. The van der Waals surface area contributed by atoms with Crippen LogP contribution in [0.3, 0.4) is 0 Å². The average Bonchev–Trinajstić information content (AvgIpc) is 3.14. The number of likely N-dealkylation sites (tertiary alicyclic amines) is 1. The van der Waals surface area contributed by atoms with E-state index in [0.717, 1.165) is 38.9 Å². The number of hydrogen-bond donors (Lipinski definition) is 2. The number of piperidine rings is 1. The van der Waals surface area contributed by atoms with Crippen molar-refractivity contribution < 1.29 is 9.21 Å². The van der Waals surface area contributed by atoms with Crippen molar-refractivity contribution in [1.82, 2.24) is 15.2 Å². The molecule has 0 saturated carbocycles. The fraction of sp³-hybridized carbons (Fsp3) is 0.524. The van der Waals surface area contributed by atoms with Crippen LogP contribution in [0.25, 0.3) is 0 Å². The van der Waals surface area contributed by atoms with Gasteiger partial charge in [-0.15, -0.1) is 0 Å². The second-order valence-electron chi connectivity index (χ2n) is 7.82. The summed E-state index contributed by atoms with van der Waals surface area (Å²) in [6.07, 6.45) is 4.07. The molecule has 1 aromatic heterocycles. The zero-order valence-electron chi connectivity index (χ0n) is 16.2. The summed E-state index contributed by atoms with van der Waals surface area (Å²) >= 11 is 0. The molecule has 1 saturated heterocycles. The molecule has 6 nitrogen and oxygen atoms in total. The Labute approximate surface area is 161 Å². The highest BCUT2D eigenvalue weighted by molar-refractivity contribution is 5.92. The first-order chi connectivity index (χ1) is 13.0. The van der Waals surface area contributed by atoms with Crippen molar-refractivity contribution in [1.29, 1.82) is 0 Å². The van der Waals surface area contributed by atoms with Crippen LogP contribution in [0.1, 0.15) is 61.1 Å². The van der Waals surface area contributed by atoms with Crippen molar-refractivity contribution in [3.63, 3.8) is 0 Å². The molecule has 3 N–H and O–H groups in total. The van der Waals surface area contributed by atoms with Crippen molar-refractivity contribution in [2.75, 3.05) is 13.1 Å². The quantitative estimate of drug-likeness (QED) is 0.782. The second-order valence-corrected chi connectivity index (χ2v) is 7.82. The Morgan fingerprint density at radius 1 is 1.30 bits per heavy atom. The van der Waals surface area contributed by atoms with Gasteiger partial charge in [0.05, 0.1) is 6.04 Å². The van der Waals surface area contributed by atoms with Gasteiger partial charge in [0, 0.05) is 25.7 Å². The molecule has 6 heteroatoms. The van der Waals surface area contributed by atoms with Crippen LogP contribution < -0.4 is 11.1 Å². The first-order valence-electron chi connectivity index (χ1n) is 9.79. The summed E-state index contributed by atoms with van der Waals surface area (Å²) in [7, 11) is 0. The summed E-state index contributed by atoms with van der Waals surface area (Å²) in [5.41, 5.74) is 7.72. The Morgan fingerprint density at radius 2 is 2.00 bits per heavy atom. The van der Waals surface area contributed by atoms with Crippen molar-refractivity contribution in [2.45, 2.75) is 51.7 Å². The van der Waals surface area contributed by atoms with E-state index in [2.05, 4.69) is 53.3 Å². The van der Waals surface area contributed by atoms with Gasteiger partial charge in [-0.05, 0) is 30.7 Å². The Morgan fingerprint density at radius 3 is 2.67 bits per heavy atom. The van der Waals surface area contributed by atoms with E-state index in [4.69, 9.17) is 10.2 Å². The first kappa shape index (κ1) is 19.6. The van der Waals surface area contributed by atoms with Crippen LogP contribution in [-0.2, 0) is 6.54 Å². The minimum atomic E-state index is -0.271. The molecule has 0 bridgehead atoms. The number of aromatic nitrogens is 1. The predicted octanol–water partition coefficient (Wildman–Crippen LogP) is 3.11. The topological polar surface area (TPSA) is 84.4 Å². The van der Waals surface area contributed by atoms with Gasteiger partial charge >= 0.3 is 0 Å². The molecule has 1 fully saturated rings. The fourth-order valence-electron chi connectivity index (χ4n) is 3.51. The van der Waals surface area contributed by atoms with Gasteiger partial charge in [0.25, 0.3) is 5.91 Å².